The second-order valence-electron chi connectivity index (χ2n) is 7.76. The predicted molar refractivity (Wildman–Crippen MR) is 134 cm³/mol. The molecular weight excluding hydrogens is 445 g/mol. The second kappa shape index (κ2) is 13.9. The van der Waals surface area contributed by atoms with Gasteiger partial charge in [0.05, 0.1) is 16.3 Å². The molecule has 2 rings (SSSR count). The summed E-state index contributed by atoms with van der Waals surface area (Å²) in [4.78, 5) is 24.6. The molecule has 0 aliphatic heterocycles. The number of halogens is 2. The van der Waals surface area contributed by atoms with Gasteiger partial charge in [-0.2, -0.15) is 5.10 Å². The summed E-state index contributed by atoms with van der Waals surface area (Å²) in [5, 5.41) is 7.78. The number of rotatable bonds is 12. The molecule has 32 heavy (non-hydrogen) atoms. The van der Waals surface area contributed by atoms with E-state index in [4.69, 9.17) is 23.2 Å². The molecule has 0 saturated carbocycles. The van der Waals surface area contributed by atoms with Gasteiger partial charge in [0.1, 0.15) is 0 Å². The highest BCUT2D eigenvalue weighted by molar-refractivity contribution is 6.37. The fourth-order valence-electron chi connectivity index (χ4n) is 3.20. The first-order valence-electron chi connectivity index (χ1n) is 11.1. The number of unbranched alkanes of at least 4 members (excludes halogenated alkanes) is 6. The van der Waals surface area contributed by atoms with Crippen LogP contribution in [0.5, 0.6) is 0 Å². The Bertz CT molecular complexity index is 945. The summed E-state index contributed by atoms with van der Waals surface area (Å²) in [5.74, 6) is -0.416. The lowest BCUT2D eigenvalue weighted by Crippen LogP contribution is -2.19. The number of amides is 2. The van der Waals surface area contributed by atoms with Crippen LogP contribution in [-0.2, 0) is 4.79 Å². The van der Waals surface area contributed by atoms with E-state index in [1.807, 2.05) is 19.1 Å². The number of nitrogens with one attached hydrogen (secondary N) is 2. The number of anilines is 1. The van der Waals surface area contributed by atoms with Crippen molar-refractivity contribution in [3.63, 3.8) is 0 Å². The molecule has 2 aromatic rings. The number of carbonyl (C=O) groups is 2. The van der Waals surface area contributed by atoms with Crippen molar-refractivity contribution in [2.75, 3.05) is 5.32 Å². The Labute approximate surface area is 200 Å². The lowest BCUT2D eigenvalue weighted by atomic mass is 10.1. The number of hydrogen-bond acceptors (Lipinski definition) is 3. The van der Waals surface area contributed by atoms with Crippen LogP contribution < -0.4 is 10.7 Å². The summed E-state index contributed by atoms with van der Waals surface area (Å²) >= 11 is 12.0. The maximum absolute atomic E-state index is 12.5. The standard InChI is InChI=1S/C25H31Cl2N3O2/c1-3-4-5-6-7-8-9-13-24(31)30-29-18(2)19-11-10-12-21(16-19)28-25(32)22-15-14-20(26)17-23(22)27/h10-12,14-17H,3-9,13H2,1-2H3,(H,28,32)(H,30,31)/b29-18-. The van der Waals surface area contributed by atoms with E-state index < -0.39 is 0 Å². The fraction of sp³-hybridized carbons (Fsp3) is 0.400. The molecule has 2 amide bonds. The number of hydrazone groups is 1. The van der Waals surface area contributed by atoms with E-state index in [0.717, 1.165) is 18.4 Å². The quantitative estimate of drug-likeness (QED) is 0.193. The van der Waals surface area contributed by atoms with Crippen molar-refractivity contribution in [2.24, 2.45) is 5.10 Å². The van der Waals surface area contributed by atoms with Crippen molar-refractivity contribution in [3.8, 4) is 0 Å². The molecule has 0 aromatic heterocycles. The Hall–Kier alpha value is -2.37. The largest absolute Gasteiger partial charge is 0.322 e. The molecule has 2 aromatic carbocycles. The van der Waals surface area contributed by atoms with Gasteiger partial charge in [0, 0.05) is 17.1 Å². The van der Waals surface area contributed by atoms with Crippen LogP contribution in [0.3, 0.4) is 0 Å². The number of carbonyl (C=O) groups excluding carboxylic acids is 2. The highest BCUT2D eigenvalue weighted by Crippen LogP contribution is 2.22. The summed E-state index contributed by atoms with van der Waals surface area (Å²) in [5.41, 5.74) is 5.00. The fourth-order valence-corrected chi connectivity index (χ4v) is 3.70. The number of benzene rings is 2. The maximum Gasteiger partial charge on any atom is 0.257 e. The molecule has 5 nitrogen and oxygen atoms in total. The Morgan fingerprint density at radius 1 is 0.938 bits per heavy atom. The van der Waals surface area contributed by atoms with Gasteiger partial charge in [0.2, 0.25) is 5.91 Å². The topological polar surface area (TPSA) is 70.6 Å². The number of nitrogens with zero attached hydrogens (tertiary/aromatic N) is 1. The van der Waals surface area contributed by atoms with Gasteiger partial charge in [-0.15, -0.1) is 0 Å². The zero-order valence-electron chi connectivity index (χ0n) is 18.7. The summed E-state index contributed by atoms with van der Waals surface area (Å²) in [6.45, 7) is 4.02. The van der Waals surface area contributed by atoms with E-state index in [9.17, 15) is 9.59 Å². The van der Waals surface area contributed by atoms with Gasteiger partial charge in [0.15, 0.2) is 0 Å². The minimum absolute atomic E-state index is 0.0836. The van der Waals surface area contributed by atoms with Gasteiger partial charge in [-0.3, -0.25) is 9.59 Å². The van der Waals surface area contributed by atoms with Crippen molar-refractivity contribution < 1.29 is 9.59 Å². The molecule has 0 aliphatic rings. The molecule has 7 heteroatoms. The van der Waals surface area contributed by atoms with Crippen LogP contribution in [0.2, 0.25) is 10.0 Å². The molecule has 0 atom stereocenters. The molecular formula is C25H31Cl2N3O2. The van der Waals surface area contributed by atoms with Gasteiger partial charge in [0.25, 0.3) is 5.91 Å². The van der Waals surface area contributed by atoms with Gasteiger partial charge >= 0.3 is 0 Å². The van der Waals surface area contributed by atoms with E-state index in [2.05, 4.69) is 22.8 Å². The average Bonchev–Trinajstić information content (AvgIpc) is 2.77. The van der Waals surface area contributed by atoms with E-state index in [0.29, 0.717) is 28.4 Å². The minimum atomic E-state index is -0.332. The Morgan fingerprint density at radius 3 is 2.38 bits per heavy atom. The minimum Gasteiger partial charge on any atom is -0.322 e. The summed E-state index contributed by atoms with van der Waals surface area (Å²) in [7, 11) is 0. The van der Waals surface area contributed by atoms with Gasteiger partial charge in [-0.1, -0.05) is 80.8 Å². The van der Waals surface area contributed by atoms with Crippen LogP contribution in [0.25, 0.3) is 0 Å². The molecule has 0 saturated heterocycles. The Kier molecular flexibility index (Phi) is 11.3. The van der Waals surface area contributed by atoms with Gasteiger partial charge < -0.3 is 5.32 Å². The zero-order valence-corrected chi connectivity index (χ0v) is 20.2. The third-order valence-electron chi connectivity index (χ3n) is 5.07. The first kappa shape index (κ1) is 25.9. The van der Waals surface area contributed by atoms with E-state index in [-0.39, 0.29) is 16.8 Å². The van der Waals surface area contributed by atoms with Crippen LogP contribution in [0.1, 0.15) is 81.1 Å². The predicted octanol–water partition coefficient (Wildman–Crippen LogP) is 7.23. The normalized spacial score (nSPS) is 11.3. The Balaban J connectivity index is 1.85. The lowest BCUT2D eigenvalue weighted by molar-refractivity contribution is -0.121. The summed E-state index contributed by atoms with van der Waals surface area (Å²) in [6, 6.07) is 12.0. The first-order chi connectivity index (χ1) is 15.4. The molecule has 0 bridgehead atoms. The lowest BCUT2D eigenvalue weighted by Gasteiger charge is -2.09. The number of hydrogen-bond donors (Lipinski definition) is 2. The third kappa shape index (κ3) is 9.01. The summed E-state index contributed by atoms with van der Waals surface area (Å²) in [6.07, 6.45) is 8.64. The molecule has 172 valence electrons. The molecule has 0 heterocycles. The van der Waals surface area contributed by atoms with Crippen molar-refractivity contribution >= 4 is 46.4 Å². The molecule has 0 aliphatic carbocycles. The highest BCUT2D eigenvalue weighted by Gasteiger charge is 2.11. The van der Waals surface area contributed by atoms with Crippen LogP contribution in [-0.4, -0.2) is 17.5 Å². The van der Waals surface area contributed by atoms with Crippen molar-refractivity contribution in [3.05, 3.63) is 63.6 Å². The van der Waals surface area contributed by atoms with Crippen molar-refractivity contribution in [1.82, 2.24) is 5.43 Å². The third-order valence-corrected chi connectivity index (χ3v) is 5.62. The average molecular weight is 476 g/mol. The molecule has 0 fully saturated rings. The van der Waals surface area contributed by atoms with E-state index >= 15 is 0 Å². The van der Waals surface area contributed by atoms with Crippen LogP contribution in [0.4, 0.5) is 5.69 Å². The smallest absolute Gasteiger partial charge is 0.257 e. The van der Waals surface area contributed by atoms with Crippen LogP contribution in [0, 0.1) is 0 Å². The summed E-state index contributed by atoms with van der Waals surface area (Å²) < 4.78 is 0. The van der Waals surface area contributed by atoms with Crippen molar-refractivity contribution in [2.45, 2.75) is 65.2 Å². The zero-order chi connectivity index (χ0) is 23.3. The molecule has 0 radical (unpaired) electrons. The van der Waals surface area contributed by atoms with Crippen LogP contribution >= 0.6 is 23.2 Å². The van der Waals surface area contributed by atoms with Gasteiger partial charge in [-0.05, 0) is 49.2 Å². The second-order valence-corrected chi connectivity index (χ2v) is 8.61. The monoisotopic (exact) mass is 475 g/mol. The maximum atomic E-state index is 12.5. The SMILES string of the molecule is CCCCCCCCCC(=O)N/N=C(/C)c1cccc(NC(=O)c2ccc(Cl)cc2Cl)c1. The van der Waals surface area contributed by atoms with Crippen LogP contribution in [0.15, 0.2) is 47.6 Å². The first-order valence-corrected chi connectivity index (χ1v) is 11.9. The van der Waals surface area contributed by atoms with Crippen molar-refractivity contribution in [1.29, 1.82) is 0 Å². The molecule has 0 spiro atoms. The van der Waals surface area contributed by atoms with Gasteiger partial charge in [-0.25, -0.2) is 5.43 Å². The van der Waals surface area contributed by atoms with E-state index in [1.165, 1.54) is 38.2 Å². The highest BCUT2D eigenvalue weighted by atomic mass is 35.5. The van der Waals surface area contributed by atoms with E-state index in [1.54, 1.807) is 24.3 Å². The Morgan fingerprint density at radius 2 is 1.66 bits per heavy atom. The molecule has 2 N–H and O–H groups in total. The molecule has 0 unspecified atom stereocenters.